The van der Waals surface area contributed by atoms with Crippen molar-refractivity contribution in [1.29, 1.82) is 0 Å². The first-order valence-electron chi connectivity index (χ1n) is 6.88. The van der Waals surface area contributed by atoms with Crippen molar-refractivity contribution in [2.75, 3.05) is 13.2 Å². The van der Waals surface area contributed by atoms with Crippen molar-refractivity contribution in [2.24, 2.45) is 0 Å². The number of hydrogen-bond acceptors (Lipinski definition) is 2. The van der Waals surface area contributed by atoms with Gasteiger partial charge in [0.2, 0.25) is 0 Å². The summed E-state index contributed by atoms with van der Waals surface area (Å²) in [6.07, 6.45) is 4.80. The van der Waals surface area contributed by atoms with Gasteiger partial charge in [-0.05, 0) is 43.7 Å². The fourth-order valence-corrected chi connectivity index (χ4v) is 1.90. The summed E-state index contributed by atoms with van der Waals surface area (Å²) in [5.41, 5.74) is 0. The van der Waals surface area contributed by atoms with Gasteiger partial charge in [0.25, 0.3) is 0 Å². The molecule has 0 amide bonds. The zero-order chi connectivity index (χ0) is 13.2. The minimum absolute atomic E-state index is 0.445. The van der Waals surface area contributed by atoms with Gasteiger partial charge in [0.15, 0.2) is 0 Å². The van der Waals surface area contributed by atoms with Crippen molar-refractivity contribution in [3.63, 3.8) is 0 Å². The second-order valence-electron chi connectivity index (χ2n) is 4.56. The van der Waals surface area contributed by atoms with Crippen molar-refractivity contribution in [2.45, 2.75) is 45.6 Å². The smallest absolute Gasteiger partial charge is 0.119 e. The molecule has 0 aromatic heterocycles. The standard InChI is InChI=1S/C15H24ClNO/c1-3-5-6-14(17-11-4-2)12-18-15-9-7-13(16)8-10-15/h7-10,14,17H,3-6,11-12H2,1-2H3. The summed E-state index contributed by atoms with van der Waals surface area (Å²) in [5, 5.41) is 4.28. The highest BCUT2D eigenvalue weighted by Crippen LogP contribution is 2.16. The monoisotopic (exact) mass is 269 g/mol. The lowest BCUT2D eigenvalue weighted by Crippen LogP contribution is -2.35. The van der Waals surface area contributed by atoms with Crippen LogP contribution in [0.15, 0.2) is 24.3 Å². The molecule has 0 fully saturated rings. The van der Waals surface area contributed by atoms with Gasteiger partial charge in [-0.1, -0.05) is 38.3 Å². The fraction of sp³-hybridized carbons (Fsp3) is 0.600. The summed E-state index contributed by atoms with van der Waals surface area (Å²) in [4.78, 5) is 0. The van der Waals surface area contributed by atoms with Crippen LogP contribution in [-0.4, -0.2) is 19.2 Å². The third kappa shape index (κ3) is 6.27. The summed E-state index contributed by atoms with van der Waals surface area (Å²) in [7, 11) is 0. The Bertz CT molecular complexity index is 305. The maximum absolute atomic E-state index is 5.84. The van der Waals surface area contributed by atoms with Gasteiger partial charge in [-0.2, -0.15) is 0 Å². The molecule has 1 atom stereocenters. The third-order valence-electron chi connectivity index (χ3n) is 2.85. The molecule has 0 heterocycles. The Hall–Kier alpha value is -0.730. The highest BCUT2D eigenvalue weighted by molar-refractivity contribution is 6.30. The number of halogens is 1. The van der Waals surface area contributed by atoms with Gasteiger partial charge >= 0.3 is 0 Å². The topological polar surface area (TPSA) is 21.3 Å². The molecule has 1 aromatic carbocycles. The molecule has 1 rings (SSSR count). The zero-order valence-electron chi connectivity index (χ0n) is 11.4. The number of hydrogen-bond donors (Lipinski definition) is 1. The average Bonchev–Trinajstić information content (AvgIpc) is 2.40. The average molecular weight is 270 g/mol. The molecule has 1 N–H and O–H groups in total. The first-order valence-corrected chi connectivity index (χ1v) is 7.25. The van der Waals surface area contributed by atoms with Crippen molar-refractivity contribution >= 4 is 11.6 Å². The number of unbranched alkanes of at least 4 members (excludes halogenated alkanes) is 1. The lowest BCUT2D eigenvalue weighted by molar-refractivity contribution is 0.254. The van der Waals surface area contributed by atoms with Crippen LogP contribution in [0.2, 0.25) is 5.02 Å². The Morgan fingerprint density at radius 2 is 1.89 bits per heavy atom. The maximum Gasteiger partial charge on any atom is 0.119 e. The van der Waals surface area contributed by atoms with E-state index < -0.39 is 0 Å². The van der Waals surface area contributed by atoms with E-state index in [1.165, 1.54) is 19.3 Å². The molecular weight excluding hydrogens is 246 g/mol. The predicted molar refractivity (Wildman–Crippen MR) is 78.6 cm³/mol. The van der Waals surface area contributed by atoms with E-state index in [9.17, 15) is 0 Å². The molecule has 1 unspecified atom stereocenters. The van der Waals surface area contributed by atoms with Gasteiger partial charge in [0, 0.05) is 11.1 Å². The van der Waals surface area contributed by atoms with E-state index in [1.54, 1.807) is 0 Å². The molecule has 1 aromatic rings. The first-order chi connectivity index (χ1) is 8.76. The lowest BCUT2D eigenvalue weighted by atomic mass is 10.1. The van der Waals surface area contributed by atoms with Gasteiger partial charge in [0.1, 0.15) is 12.4 Å². The maximum atomic E-state index is 5.84. The molecule has 0 aliphatic heterocycles. The highest BCUT2D eigenvalue weighted by atomic mass is 35.5. The van der Waals surface area contributed by atoms with E-state index in [4.69, 9.17) is 16.3 Å². The summed E-state index contributed by atoms with van der Waals surface area (Å²) >= 11 is 5.84. The van der Waals surface area contributed by atoms with E-state index in [0.717, 1.165) is 30.3 Å². The summed E-state index contributed by atoms with van der Waals surface area (Å²) in [5.74, 6) is 0.888. The normalized spacial score (nSPS) is 12.4. The second kappa shape index (κ2) is 9.23. The van der Waals surface area contributed by atoms with Crippen LogP contribution < -0.4 is 10.1 Å². The second-order valence-corrected chi connectivity index (χ2v) is 4.99. The Labute approximate surface area is 116 Å². The molecule has 3 heteroatoms. The first kappa shape index (κ1) is 15.3. The van der Waals surface area contributed by atoms with E-state index in [1.807, 2.05) is 24.3 Å². The van der Waals surface area contributed by atoms with Crippen molar-refractivity contribution in [3.8, 4) is 5.75 Å². The Morgan fingerprint density at radius 3 is 2.50 bits per heavy atom. The Kier molecular flexibility index (Phi) is 7.86. The number of ether oxygens (including phenoxy) is 1. The van der Waals surface area contributed by atoms with Crippen LogP contribution in [0.25, 0.3) is 0 Å². The lowest BCUT2D eigenvalue weighted by Gasteiger charge is -2.19. The fourth-order valence-electron chi connectivity index (χ4n) is 1.77. The SMILES string of the molecule is CCCCC(COc1ccc(Cl)cc1)NCCC. The van der Waals surface area contributed by atoms with Crippen molar-refractivity contribution < 1.29 is 4.74 Å². The van der Waals surface area contributed by atoms with Crippen LogP contribution in [-0.2, 0) is 0 Å². The molecule has 102 valence electrons. The molecule has 0 radical (unpaired) electrons. The molecule has 18 heavy (non-hydrogen) atoms. The van der Waals surface area contributed by atoms with Gasteiger partial charge < -0.3 is 10.1 Å². The van der Waals surface area contributed by atoms with E-state index in [0.29, 0.717) is 6.04 Å². The third-order valence-corrected chi connectivity index (χ3v) is 3.11. The molecule has 0 saturated carbocycles. The van der Waals surface area contributed by atoms with E-state index >= 15 is 0 Å². The predicted octanol–water partition coefficient (Wildman–Crippen LogP) is 4.28. The largest absolute Gasteiger partial charge is 0.492 e. The number of rotatable bonds is 9. The molecule has 0 bridgehead atoms. The van der Waals surface area contributed by atoms with Gasteiger partial charge in [-0.25, -0.2) is 0 Å². The van der Waals surface area contributed by atoms with Crippen molar-refractivity contribution in [1.82, 2.24) is 5.32 Å². The van der Waals surface area contributed by atoms with Crippen LogP contribution >= 0.6 is 11.6 Å². The highest BCUT2D eigenvalue weighted by Gasteiger charge is 2.08. The Morgan fingerprint density at radius 1 is 1.17 bits per heavy atom. The minimum Gasteiger partial charge on any atom is -0.492 e. The molecule has 0 aliphatic rings. The minimum atomic E-state index is 0.445. The van der Waals surface area contributed by atoms with Gasteiger partial charge in [-0.15, -0.1) is 0 Å². The summed E-state index contributed by atoms with van der Waals surface area (Å²) in [6.45, 7) is 6.18. The number of nitrogens with one attached hydrogen (secondary N) is 1. The van der Waals surface area contributed by atoms with Crippen molar-refractivity contribution in [3.05, 3.63) is 29.3 Å². The quantitative estimate of drug-likeness (QED) is 0.723. The van der Waals surface area contributed by atoms with Crippen LogP contribution in [0.4, 0.5) is 0 Å². The van der Waals surface area contributed by atoms with E-state index in [-0.39, 0.29) is 0 Å². The Balaban J connectivity index is 2.37. The van der Waals surface area contributed by atoms with Crippen LogP contribution in [0.3, 0.4) is 0 Å². The molecule has 0 saturated heterocycles. The summed E-state index contributed by atoms with van der Waals surface area (Å²) in [6, 6.07) is 7.99. The van der Waals surface area contributed by atoms with Crippen LogP contribution in [0.5, 0.6) is 5.75 Å². The van der Waals surface area contributed by atoms with Gasteiger partial charge in [0.05, 0.1) is 0 Å². The molecular formula is C15H24ClNO. The molecule has 0 aliphatic carbocycles. The molecule has 0 spiro atoms. The molecule has 2 nitrogen and oxygen atoms in total. The van der Waals surface area contributed by atoms with Crippen LogP contribution in [0.1, 0.15) is 39.5 Å². The zero-order valence-corrected chi connectivity index (χ0v) is 12.2. The van der Waals surface area contributed by atoms with Gasteiger partial charge in [-0.3, -0.25) is 0 Å². The van der Waals surface area contributed by atoms with Crippen LogP contribution in [0, 0.1) is 0 Å². The van der Waals surface area contributed by atoms with E-state index in [2.05, 4.69) is 19.2 Å². The summed E-state index contributed by atoms with van der Waals surface area (Å²) < 4.78 is 5.80. The number of benzene rings is 1.